The third kappa shape index (κ3) is 1.85. The van der Waals surface area contributed by atoms with Crippen molar-refractivity contribution in [3.8, 4) is 0 Å². The summed E-state index contributed by atoms with van der Waals surface area (Å²) in [4.78, 5) is 6.39. The normalized spacial score (nSPS) is 12.4. The van der Waals surface area contributed by atoms with E-state index < -0.39 is 15.4 Å². The standard InChI is InChI=1S/C9H5Cl3F2N2/c1-3-2-4(13)5(14)7-6(3)15-8(16-7)9(10,11)12/h2H,1H3,(H,15,16). The van der Waals surface area contributed by atoms with Crippen LogP contribution in [0, 0.1) is 18.6 Å². The van der Waals surface area contributed by atoms with Crippen LogP contribution in [0.1, 0.15) is 11.4 Å². The molecule has 1 N–H and O–H groups in total. The smallest absolute Gasteiger partial charge is 0.248 e. The molecule has 2 aromatic rings. The number of halogens is 5. The summed E-state index contributed by atoms with van der Waals surface area (Å²) in [5.41, 5.74) is 0.615. The van der Waals surface area contributed by atoms with Crippen molar-refractivity contribution in [3.05, 3.63) is 29.1 Å². The molecule has 0 unspecified atom stereocenters. The first-order chi connectivity index (χ1) is 7.30. The number of nitrogens with zero attached hydrogens (tertiary/aromatic N) is 1. The highest BCUT2D eigenvalue weighted by atomic mass is 35.6. The summed E-state index contributed by atoms with van der Waals surface area (Å²) < 4.78 is 24.7. The van der Waals surface area contributed by atoms with Gasteiger partial charge in [-0.3, -0.25) is 0 Å². The maximum Gasteiger partial charge on any atom is 0.248 e. The molecule has 0 fully saturated rings. The van der Waals surface area contributed by atoms with Gasteiger partial charge in [-0.25, -0.2) is 13.8 Å². The van der Waals surface area contributed by atoms with Crippen LogP contribution in [0.25, 0.3) is 11.0 Å². The maximum absolute atomic E-state index is 13.4. The average Bonchev–Trinajstić information content (AvgIpc) is 2.58. The fraction of sp³-hybridized carbons (Fsp3) is 0.222. The van der Waals surface area contributed by atoms with Crippen LogP contribution in [0.5, 0.6) is 0 Å². The van der Waals surface area contributed by atoms with E-state index in [9.17, 15) is 8.78 Å². The van der Waals surface area contributed by atoms with Gasteiger partial charge in [0.1, 0.15) is 5.52 Å². The van der Waals surface area contributed by atoms with Crippen molar-refractivity contribution in [1.29, 1.82) is 0 Å². The number of benzene rings is 1. The van der Waals surface area contributed by atoms with Gasteiger partial charge in [0.15, 0.2) is 17.5 Å². The van der Waals surface area contributed by atoms with Gasteiger partial charge in [-0.15, -0.1) is 0 Å². The van der Waals surface area contributed by atoms with Crippen LogP contribution in [0.2, 0.25) is 0 Å². The summed E-state index contributed by atoms with van der Waals surface area (Å²) in [5.74, 6) is -2.04. The molecule has 2 rings (SSSR count). The van der Waals surface area contributed by atoms with Gasteiger partial charge in [-0.1, -0.05) is 34.8 Å². The molecular formula is C9H5Cl3F2N2. The number of aromatic amines is 1. The van der Waals surface area contributed by atoms with E-state index in [1.807, 2.05) is 0 Å². The topological polar surface area (TPSA) is 28.7 Å². The van der Waals surface area contributed by atoms with E-state index in [0.717, 1.165) is 6.07 Å². The van der Waals surface area contributed by atoms with E-state index in [2.05, 4.69) is 9.97 Å². The molecule has 2 nitrogen and oxygen atoms in total. The summed E-state index contributed by atoms with van der Waals surface area (Å²) in [6.07, 6.45) is 0. The van der Waals surface area contributed by atoms with Crippen LogP contribution in [-0.2, 0) is 3.79 Å². The van der Waals surface area contributed by atoms with Crippen molar-refractivity contribution in [2.45, 2.75) is 10.7 Å². The molecule has 0 amide bonds. The number of aryl methyl sites for hydroxylation is 1. The van der Waals surface area contributed by atoms with Crippen molar-refractivity contribution in [3.63, 3.8) is 0 Å². The van der Waals surface area contributed by atoms with Crippen molar-refractivity contribution in [2.24, 2.45) is 0 Å². The maximum atomic E-state index is 13.4. The molecule has 0 saturated heterocycles. The Bertz CT molecular complexity index is 560. The minimum absolute atomic E-state index is 0.0416. The molecule has 16 heavy (non-hydrogen) atoms. The number of fused-ring (bicyclic) bond motifs is 1. The van der Waals surface area contributed by atoms with Gasteiger partial charge in [-0.2, -0.15) is 0 Å². The highest BCUT2D eigenvalue weighted by Gasteiger charge is 2.28. The predicted octanol–water partition coefficient (Wildman–Crippen LogP) is 3.98. The lowest BCUT2D eigenvalue weighted by molar-refractivity contribution is 0.515. The highest BCUT2D eigenvalue weighted by Crippen LogP contribution is 2.37. The number of hydrogen-bond acceptors (Lipinski definition) is 1. The molecule has 1 aromatic carbocycles. The molecule has 0 bridgehead atoms. The van der Waals surface area contributed by atoms with Gasteiger partial charge < -0.3 is 4.98 Å². The second-order valence-corrected chi connectivity index (χ2v) is 5.58. The zero-order chi connectivity index (χ0) is 12.1. The van der Waals surface area contributed by atoms with Crippen molar-refractivity contribution >= 4 is 45.8 Å². The minimum Gasteiger partial charge on any atom is -0.336 e. The molecule has 1 heterocycles. The van der Waals surface area contributed by atoms with Crippen LogP contribution in [0.15, 0.2) is 6.07 Å². The van der Waals surface area contributed by atoms with Crippen molar-refractivity contribution in [2.75, 3.05) is 0 Å². The highest BCUT2D eigenvalue weighted by molar-refractivity contribution is 6.66. The largest absolute Gasteiger partial charge is 0.336 e. The molecule has 0 radical (unpaired) electrons. The zero-order valence-electron chi connectivity index (χ0n) is 7.91. The van der Waals surface area contributed by atoms with Crippen LogP contribution >= 0.6 is 34.8 Å². The average molecular weight is 286 g/mol. The number of hydrogen-bond donors (Lipinski definition) is 1. The molecular weight excluding hydrogens is 280 g/mol. The van der Waals surface area contributed by atoms with Gasteiger partial charge in [0.05, 0.1) is 5.52 Å². The molecule has 0 aliphatic carbocycles. The number of nitrogens with one attached hydrogen (secondary N) is 1. The van der Waals surface area contributed by atoms with Crippen LogP contribution in [0.3, 0.4) is 0 Å². The number of imidazole rings is 1. The van der Waals surface area contributed by atoms with E-state index in [1.54, 1.807) is 6.92 Å². The summed E-state index contributed by atoms with van der Waals surface area (Å²) >= 11 is 16.8. The number of alkyl halides is 3. The SMILES string of the molecule is Cc1cc(F)c(F)c2[nH]c(C(Cl)(Cl)Cl)nc12. The Morgan fingerprint density at radius 1 is 1.31 bits per heavy atom. The van der Waals surface area contributed by atoms with Crippen molar-refractivity contribution in [1.82, 2.24) is 9.97 Å². The predicted molar refractivity (Wildman–Crippen MR) is 60.0 cm³/mol. The fourth-order valence-electron chi connectivity index (χ4n) is 1.39. The third-order valence-corrected chi connectivity index (χ3v) is 2.66. The molecule has 86 valence electrons. The van der Waals surface area contributed by atoms with E-state index >= 15 is 0 Å². The Morgan fingerprint density at radius 3 is 2.50 bits per heavy atom. The van der Waals surface area contributed by atoms with Crippen molar-refractivity contribution < 1.29 is 8.78 Å². The molecule has 0 aliphatic heterocycles. The second-order valence-electron chi connectivity index (χ2n) is 3.30. The summed E-state index contributed by atoms with van der Waals surface area (Å²) in [7, 11) is 0. The van der Waals surface area contributed by atoms with Gasteiger partial charge in [-0.05, 0) is 18.6 Å². The Labute approximate surface area is 105 Å². The van der Waals surface area contributed by atoms with Crippen LogP contribution < -0.4 is 0 Å². The summed E-state index contributed by atoms with van der Waals surface area (Å²) in [6, 6.07) is 1.04. The van der Waals surface area contributed by atoms with Gasteiger partial charge in [0.25, 0.3) is 0 Å². The molecule has 1 aromatic heterocycles. The first-order valence-corrected chi connectivity index (χ1v) is 5.35. The third-order valence-electron chi connectivity index (χ3n) is 2.12. The first-order valence-electron chi connectivity index (χ1n) is 4.22. The Hall–Kier alpha value is -0.580. The Kier molecular flexibility index (Phi) is 2.77. The quantitative estimate of drug-likeness (QED) is 0.729. The minimum atomic E-state index is -1.80. The van der Waals surface area contributed by atoms with E-state index in [1.165, 1.54) is 0 Å². The van der Waals surface area contributed by atoms with E-state index in [4.69, 9.17) is 34.8 Å². The lowest BCUT2D eigenvalue weighted by atomic mass is 10.2. The number of H-pyrrole nitrogens is 1. The van der Waals surface area contributed by atoms with Gasteiger partial charge in [0, 0.05) is 0 Å². The second kappa shape index (κ2) is 3.72. The number of rotatable bonds is 0. The molecule has 0 spiro atoms. The van der Waals surface area contributed by atoms with Crippen LogP contribution in [-0.4, -0.2) is 9.97 Å². The molecule has 0 aliphatic rings. The first kappa shape index (κ1) is 11.9. The molecule has 0 saturated carbocycles. The molecule has 0 atom stereocenters. The monoisotopic (exact) mass is 284 g/mol. The molecule has 7 heteroatoms. The Balaban J connectivity index is 2.80. The fourth-order valence-corrected chi connectivity index (χ4v) is 1.66. The Morgan fingerprint density at radius 2 is 1.94 bits per heavy atom. The van der Waals surface area contributed by atoms with E-state index in [-0.39, 0.29) is 16.9 Å². The van der Waals surface area contributed by atoms with Crippen LogP contribution in [0.4, 0.5) is 8.78 Å². The number of aromatic nitrogens is 2. The lowest BCUT2D eigenvalue weighted by Gasteiger charge is -2.04. The van der Waals surface area contributed by atoms with Gasteiger partial charge >= 0.3 is 0 Å². The van der Waals surface area contributed by atoms with E-state index in [0.29, 0.717) is 5.56 Å². The summed E-state index contributed by atoms with van der Waals surface area (Å²) in [5, 5.41) is 0. The van der Waals surface area contributed by atoms with Gasteiger partial charge in [0.2, 0.25) is 3.79 Å². The zero-order valence-corrected chi connectivity index (χ0v) is 10.2. The summed E-state index contributed by atoms with van der Waals surface area (Å²) in [6.45, 7) is 1.59. The lowest BCUT2D eigenvalue weighted by Crippen LogP contribution is -2.02.